The van der Waals surface area contributed by atoms with E-state index in [0.29, 0.717) is 39.6 Å². The summed E-state index contributed by atoms with van der Waals surface area (Å²) >= 11 is 1.27. The molecule has 1 amide bonds. The highest BCUT2D eigenvalue weighted by Gasteiger charge is 2.24. The first-order valence-corrected chi connectivity index (χ1v) is 9.19. The smallest absolute Gasteiger partial charge is 0.264 e. The predicted molar refractivity (Wildman–Crippen MR) is 108 cm³/mol. The molecule has 3 rings (SSSR count). The van der Waals surface area contributed by atoms with Gasteiger partial charge in [0.15, 0.2) is 5.17 Å². The molecule has 0 atom stereocenters. The molecule has 2 aromatic rings. The van der Waals surface area contributed by atoms with Crippen LogP contribution in [0.5, 0.6) is 17.2 Å². The highest BCUT2D eigenvalue weighted by atomic mass is 32.2. The molecular weight excluding hydrogens is 364 g/mol. The highest BCUT2D eigenvalue weighted by Crippen LogP contribution is 2.34. The van der Waals surface area contributed by atoms with Gasteiger partial charge in [0, 0.05) is 5.56 Å². The van der Waals surface area contributed by atoms with Crippen LogP contribution in [0.1, 0.15) is 12.5 Å². The van der Waals surface area contributed by atoms with Crippen molar-refractivity contribution in [3.8, 4) is 17.2 Å². The van der Waals surface area contributed by atoms with Crippen molar-refractivity contribution in [1.82, 2.24) is 5.32 Å². The summed E-state index contributed by atoms with van der Waals surface area (Å²) in [4.78, 5) is 17.4. The van der Waals surface area contributed by atoms with Crippen molar-refractivity contribution in [3.63, 3.8) is 0 Å². The quantitative estimate of drug-likeness (QED) is 0.763. The number of para-hydroxylation sites is 2. The summed E-state index contributed by atoms with van der Waals surface area (Å²) in [7, 11) is 3.18. The third-order valence-corrected chi connectivity index (χ3v) is 4.67. The first kappa shape index (κ1) is 18.8. The number of nitrogens with one attached hydrogen (secondary N) is 1. The number of hydrogen-bond acceptors (Lipinski definition) is 6. The van der Waals surface area contributed by atoms with Crippen LogP contribution in [0, 0.1) is 0 Å². The van der Waals surface area contributed by atoms with Crippen molar-refractivity contribution in [2.24, 2.45) is 4.99 Å². The number of rotatable bonds is 6. The van der Waals surface area contributed by atoms with Crippen molar-refractivity contribution in [2.75, 3.05) is 20.8 Å². The average Bonchev–Trinajstić information content (AvgIpc) is 3.02. The Morgan fingerprint density at radius 3 is 2.67 bits per heavy atom. The maximum Gasteiger partial charge on any atom is 0.264 e. The molecule has 6 nitrogen and oxygen atoms in total. The number of ether oxygens (including phenoxy) is 3. The van der Waals surface area contributed by atoms with Crippen LogP contribution < -0.4 is 19.5 Å². The molecule has 1 aliphatic heterocycles. The van der Waals surface area contributed by atoms with E-state index in [2.05, 4.69) is 10.3 Å². The van der Waals surface area contributed by atoms with Crippen LogP contribution in [0.15, 0.2) is 52.4 Å². The fraction of sp³-hybridized carbons (Fsp3) is 0.200. The van der Waals surface area contributed by atoms with Gasteiger partial charge in [-0.2, -0.15) is 0 Å². The molecule has 0 saturated carbocycles. The summed E-state index contributed by atoms with van der Waals surface area (Å²) in [5.74, 6) is 1.81. The van der Waals surface area contributed by atoms with Crippen molar-refractivity contribution in [3.05, 3.63) is 52.9 Å². The fourth-order valence-electron chi connectivity index (χ4n) is 2.51. The number of carbonyl (C=O) groups is 1. The lowest BCUT2D eigenvalue weighted by molar-refractivity contribution is -0.115. The van der Waals surface area contributed by atoms with Gasteiger partial charge in [-0.1, -0.05) is 12.1 Å². The van der Waals surface area contributed by atoms with Crippen molar-refractivity contribution >= 4 is 34.6 Å². The van der Waals surface area contributed by atoms with Crippen LogP contribution in [0.2, 0.25) is 0 Å². The molecule has 0 unspecified atom stereocenters. The third kappa shape index (κ3) is 4.43. The van der Waals surface area contributed by atoms with E-state index in [9.17, 15) is 4.79 Å². The minimum Gasteiger partial charge on any atom is -0.497 e. The molecule has 0 aromatic heterocycles. The van der Waals surface area contributed by atoms with E-state index in [4.69, 9.17) is 14.2 Å². The lowest BCUT2D eigenvalue weighted by atomic mass is 10.1. The predicted octanol–water partition coefficient (Wildman–Crippen LogP) is 3.99. The second kappa shape index (κ2) is 8.64. The number of benzene rings is 2. The van der Waals surface area contributed by atoms with E-state index < -0.39 is 0 Å². The van der Waals surface area contributed by atoms with Gasteiger partial charge in [0.2, 0.25) is 0 Å². The molecule has 1 heterocycles. The molecule has 1 saturated heterocycles. The zero-order chi connectivity index (χ0) is 19.2. The monoisotopic (exact) mass is 384 g/mol. The van der Waals surface area contributed by atoms with Crippen LogP contribution in [0.3, 0.4) is 0 Å². The van der Waals surface area contributed by atoms with E-state index in [1.165, 1.54) is 11.8 Å². The zero-order valence-corrected chi connectivity index (χ0v) is 16.1. The van der Waals surface area contributed by atoms with Crippen LogP contribution in [-0.2, 0) is 4.79 Å². The average molecular weight is 384 g/mol. The molecule has 0 radical (unpaired) electrons. The summed E-state index contributed by atoms with van der Waals surface area (Å²) in [5.41, 5.74) is 1.42. The Hall–Kier alpha value is -2.93. The largest absolute Gasteiger partial charge is 0.497 e. The molecule has 1 aliphatic rings. The molecule has 27 heavy (non-hydrogen) atoms. The van der Waals surface area contributed by atoms with E-state index in [-0.39, 0.29) is 5.91 Å². The van der Waals surface area contributed by atoms with Crippen LogP contribution in [0.4, 0.5) is 5.69 Å². The Morgan fingerprint density at radius 1 is 1.11 bits per heavy atom. The van der Waals surface area contributed by atoms with E-state index in [1.807, 2.05) is 37.3 Å². The maximum absolute atomic E-state index is 12.4. The standard InChI is InChI=1S/C20H20N2O4S/c1-4-26-17-8-6-5-7-15(17)21-20-22-19(23)18(27-20)12-13-11-14(24-2)9-10-16(13)25-3/h5-12H,4H2,1-3H3,(H,21,22,23). The number of thioether (sulfide) groups is 1. The number of amidine groups is 1. The number of amides is 1. The normalized spacial score (nSPS) is 16.5. The lowest BCUT2D eigenvalue weighted by Crippen LogP contribution is -2.19. The zero-order valence-electron chi connectivity index (χ0n) is 15.3. The summed E-state index contributed by atoms with van der Waals surface area (Å²) in [6, 6.07) is 12.9. The molecule has 2 aromatic carbocycles. The van der Waals surface area contributed by atoms with Gasteiger partial charge in [-0.3, -0.25) is 4.79 Å². The minimum absolute atomic E-state index is 0.211. The lowest BCUT2D eigenvalue weighted by Gasteiger charge is -2.07. The SMILES string of the molecule is CCOc1ccccc1N=C1NC(=O)C(=Cc2cc(OC)ccc2OC)S1. The summed E-state index contributed by atoms with van der Waals surface area (Å²) in [6.07, 6.45) is 1.76. The van der Waals surface area contributed by atoms with E-state index in [0.717, 1.165) is 5.56 Å². The van der Waals surface area contributed by atoms with Gasteiger partial charge in [0.25, 0.3) is 5.91 Å². The maximum atomic E-state index is 12.4. The van der Waals surface area contributed by atoms with Crippen molar-refractivity contribution in [2.45, 2.75) is 6.92 Å². The van der Waals surface area contributed by atoms with E-state index >= 15 is 0 Å². The number of carbonyl (C=O) groups excluding carboxylic acids is 1. The Kier molecular flexibility index (Phi) is 6.03. The molecule has 1 fully saturated rings. The summed E-state index contributed by atoms with van der Waals surface area (Å²) < 4.78 is 16.2. The molecule has 140 valence electrons. The highest BCUT2D eigenvalue weighted by molar-refractivity contribution is 8.18. The second-order valence-corrected chi connectivity index (χ2v) is 6.52. The summed E-state index contributed by atoms with van der Waals surface area (Å²) in [6.45, 7) is 2.46. The second-order valence-electron chi connectivity index (χ2n) is 5.49. The van der Waals surface area contributed by atoms with Crippen molar-refractivity contribution < 1.29 is 19.0 Å². The van der Waals surface area contributed by atoms with Gasteiger partial charge in [0.05, 0.1) is 25.7 Å². The Bertz CT molecular complexity index is 909. The third-order valence-electron chi connectivity index (χ3n) is 3.76. The molecule has 7 heteroatoms. The number of aliphatic imine (C=N–C) groups is 1. The van der Waals surface area contributed by atoms with Gasteiger partial charge in [-0.05, 0) is 55.1 Å². The van der Waals surface area contributed by atoms with Gasteiger partial charge in [-0.25, -0.2) is 4.99 Å². The Morgan fingerprint density at radius 2 is 1.93 bits per heavy atom. The first-order valence-electron chi connectivity index (χ1n) is 8.38. The number of hydrogen-bond donors (Lipinski definition) is 1. The molecular formula is C20H20N2O4S. The number of methoxy groups -OCH3 is 2. The van der Waals surface area contributed by atoms with Crippen molar-refractivity contribution in [1.29, 1.82) is 0 Å². The molecule has 0 aliphatic carbocycles. The Balaban J connectivity index is 1.89. The van der Waals surface area contributed by atoms with Crippen LogP contribution in [0.25, 0.3) is 6.08 Å². The van der Waals surface area contributed by atoms with Gasteiger partial charge in [0.1, 0.15) is 22.9 Å². The molecule has 1 N–H and O–H groups in total. The fourth-order valence-corrected chi connectivity index (χ4v) is 3.34. The summed E-state index contributed by atoms with van der Waals surface area (Å²) in [5, 5.41) is 3.29. The topological polar surface area (TPSA) is 69.2 Å². The van der Waals surface area contributed by atoms with E-state index in [1.54, 1.807) is 32.4 Å². The van der Waals surface area contributed by atoms with Gasteiger partial charge < -0.3 is 19.5 Å². The van der Waals surface area contributed by atoms with Gasteiger partial charge >= 0.3 is 0 Å². The molecule has 0 spiro atoms. The number of nitrogens with zero attached hydrogens (tertiary/aromatic N) is 1. The first-order chi connectivity index (χ1) is 13.1. The molecule has 0 bridgehead atoms. The minimum atomic E-state index is -0.211. The Labute approximate surface area is 162 Å². The van der Waals surface area contributed by atoms with Gasteiger partial charge in [-0.15, -0.1) is 0 Å². The van der Waals surface area contributed by atoms with Crippen LogP contribution in [-0.4, -0.2) is 31.9 Å². The van der Waals surface area contributed by atoms with Crippen LogP contribution >= 0.6 is 11.8 Å².